The van der Waals surface area contributed by atoms with E-state index in [2.05, 4.69) is 15.2 Å². The Hall–Kier alpha value is -3.46. The first-order chi connectivity index (χ1) is 16.6. The van der Waals surface area contributed by atoms with Crippen LogP contribution in [0.15, 0.2) is 59.1 Å². The minimum absolute atomic E-state index is 0.120. The van der Waals surface area contributed by atoms with Crippen LogP contribution in [0.2, 0.25) is 0 Å². The molecule has 0 aliphatic heterocycles. The molecule has 0 saturated heterocycles. The third-order valence-corrected chi connectivity index (χ3v) is 6.47. The summed E-state index contributed by atoms with van der Waals surface area (Å²) in [7, 11) is 0. The lowest BCUT2D eigenvalue weighted by Crippen LogP contribution is -2.28. The zero-order chi connectivity index (χ0) is 24.8. The highest BCUT2D eigenvalue weighted by atomic mass is 19.4. The van der Waals surface area contributed by atoms with Crippen LogP contribution < -0.4 is 0 Å². The predicted octanol–water partition coefficient (Wildman–Crippen LogP) is 5.47. The van der Waals surface area contributed by atoms with E-state index in [1.165, 1.54) is 12.1 Å². The maximum Gasteiger partial charge on any atom is 0.398 e. The molecule has 1 atom stereocenters. The topological polar surface area (TPSA) is 77.0 Å². The van der Waals surface area contributed by atoms with Gasteiger partial charge in [0.15, 0.2) is 5.69 Å². The molecule has 1 saturated carbocycles. The second-order valence-electron chi connectivity index (χ2n) is 9.28. The van der Waals surface area contributed by atoms with Gasteiger partial charge in [0.1, 0.15) is 0 Å². The third-order valence-electron chi connectivity index (χ3n) is 6.47. The van der Waals surface area contributed by atoms with E-state index in [-0.39, 0.29) is 24.3 Å². The maximum absolute atomic E-state index is 13.4. The fraction of sp³-hybridized carbons (Fsp3) is 0.346. The average molecular weight is 483 g/mol. The van der Waals surface area contributed by atoms with Crippen LogP contribution in [0.1, 0.15) is 42.1 Å². The quantitative estimate of drug-likeness (QED) is 0.378. The molecule has 9 heteroatoms. The minimum atomic E-state index is -4.25. The third kappa shape index (κ3) is 4.60. The number of hydrogen-bond acceptors (Lipinski definition) is 5. The van der Waals surface area contributed by atoms with Crippen LogP contribution >= 0.6 is 0 Å². The summed E-state index contributed by atoms with van der Waals surface area (Å²) in [5, 5.41) is 18.2. The van der Waals surface area contributed by atoms with Crippen molar-refractivity contribution in [1.29, 1.82) is 0 Å². The SMILES string of the molecule is Cc1cc(-c2nc(-c3ccc(C4(C(F)(F)F)CC4)cc3)no2)nn1Cc1cccc(CC(C)O)c1. The number of hydrogen-bond donors (Lipinski definition) is 1. The molecule has 1 unspecified atom stereocenters. The van der Waals surface area contributed by atoms with Gasteiger partial charge in [0.25, 0.3) is 5.89 Å². The van der Waals surface area contributed by atoms with Crippen LogP contribution in [0.25, 0.3) is 23.0 Å². The van der Waals surface area contributed by atoms with Crippen LogP contribution in [-0.4, -0.2) is 37.3 Å². The molecule has 0 spiro atoms. The second kappa shape index (κ2) is 8.64. The van der Waals surface area contributed by atoms with Gasteiger partial charge < -0.3 is 9.63 Å². The molecule has 1 fully saturated rings. The zero-order valence-corrected chi connectivity index (χ0v) is 19.4. The van der Waals surface area contributed by atoms with Gasteiger partial charge in [-0.25, -0.2) is 0 Å². The van der Waals surface area contributed by atoms with Crippen LogP contribution in [-0.2, 0) is 18.4 Å². The van der Waals surface area contributed by atoms with Crippen LogP contribution in [0.4, 0.5) is 13.2 Å². The number of halogens is 3. The van der Waals surface area contributed by atoms with Crippen molar-refractivity contribution in [2.24, 2.45) is 0 Å². The van der Waals surface area contributed by atoms with E-state index in [4.69, 9.17) is 4.52 Å². The fourth-order valence-electron chi connectivity index (χ4n) is 4.39. The number of alkyl halides is 3. The average Bonchev–Trinajstić information content (AvgIpc) is 3.36. The number of benzene rings is 2. The van der Waals surface area contributed by atoms with Gasteiger partial charge in [-0.1, -0.05) is 53.7 Å². The molecule has 0 amide bonds. The van der Waals surface area contributed by atoms with Crippen LogP contribution in [0.3, 0.4) is 0 Å². The van der Waals surface area contributed by atoms with E-state index in [0.29, 0.717) is 30.0 Å². The van der Waals surface area contributed by atoms with Gasteiger partial charge in [-0.3, -0.25) is 4.68 Å². The summed E-state index contributed by atoms with van der Waals surface area (Å²) in [6.07, 6.45) is -3.83. The summed E-state index contributed by atoms with van der Waals surface area (Å²) in [6, 6.07) is 16.0. The first kappa shape index (κ1) is 23.3. The molecule has 4 aromatic rings. The zero-order valence-electron chi connectivity index (χ0n) is 19.4. The van der Waals surface area contributed by atoms with Crippen molar-refractivity contribution in [3.8, 4) is 23.0 Å². The Balaban J connectivity index is 1.33. The first-order valence-electron chi connectivity index (χ1n) is 11.5. The van der Waals surface area contributed by atoms with Crippen molar-refractivity contribution >= 4 is 0 Å². The molecule has 1 aliphatic rings. The summed E-state index contributed by atoms with van der Waals surface area (Å²) < 4.78 is 47.4. The smallest absolute Gasteiger partial charge is 0.393 e. The van der Waals surface area contributed by atoms with Gasteiger partial charge in [0.05, 0.1) is 18.1 Å². The Labute approximate surface area is 200 Å². The van der Waals surface area contributed by atoms with Gasteiger partial charge >= 0.3 is 6.18 Å². The van der Waals surface area contributed by atoms with E-state index >= 15 is 0 Å². The highest BCUT2D eigenvalue weighted by Crippen LogP contribution is 2.58. The van der Waals surface area contributed by atoms with Crippen molar-refractivity contribution in [3.63, 3.8) is 0 Å². The second-order valence-corrected chi connectivity index (χ2v) is 9.28. The predicted molar refractivity (Wildman–Crippen MR) is 124 cm³/mol. The largest absolute Gasteiger partial charge is 0.398 e. The van der Waals surface area contributed by atoms with Crippen LogP contribution in [0.5, 0.6) is 0 Å². The van der Waals surface area contributed by atoms with Gasteiger partial charge in [-0.2, -0.15) is 23.3 Å². The van der Waals surface area contributed by atoms with Crippen LogP contribution in [0, 0.1) is 6.92 Å². The highest BCUT2D eigenvalue weighted by molar-refractivity contribution is 5.59. The fourth-order valence-corrected chi connectivity index (χ4v) is 4.39. The number of aryl methyl sites for hydroxylation is 1. The van der Waals surface area contributed by atoms with Crippen molar-refractivity contribution in [3.05, 3.63) is 77.0 Å². The van der Waals surface area contributed by atoms with E-state index in [1.807, 2.05) is 41.9 Å². The maximum atomic E-state index is 13.4. The molecular weight excluding hydrogens is 457 g/mol. The van der Waals surface area contributed by atoms with Crippen molar-refractivity contribution in [2.45, 2.75) is 57.3 Å². The highest BCUT2D eigenvalue weighted by Gasteiger charge is 2.64. The van der Waals surface area contributed by atoms with E-state index in [1.54, 1.807) is 19.1 Å². The molecule has 182 valence electrons. The molecule has 0 radical (unpaired) electrons. The Morgan fingerprint density at radius 1 is 1.09 bits per heavy atom. The van der Waals surface area contributed by atoms with Crippen molar-refractivity contribution < 1.29 is 22.8 Å². The molecular formula is C26H25F3N4O2. The molecule has 2 aromatic carbocycles. The van der Waals surface area contributed by atoms with Gasteiger partial charge in [0.2, 0.25) is 5.82 Å². The lowest BCUT2D eigenvalue weighted by atomic mass is 9.94. The molecule has 2 heterocycles. The van der Waals surface area contributed by atoms with E-state index in [0.717, 1.165) is 16.8 Å². The van der Waals surface area contributed by atoms with Gasteiger partial charge in [-0.15, -0.1) is 0 Å². The Morgan fingerprint density at radius 2 is 1.80 bits per heavy atom. The summed E-state index contributed by atoms with van der Waals surface area (Å²) in [5.74, 6) is 0.532. The normalized spacial score (nSPS) is 15.8. The summed E-state index contributed by atoms with van der Waals surface area (Å²) >= 11 is 0. The van der Waals surface area contributed by atoms with Crippen molar-refractivity contribution in [1.82, 2.24) is 19.9 Å². The molecule has 2 aromatic heterocycles. The monoisotopic (exact) mass is 482 g/mol. The lowest BCUT2D eigenvalue weighted by molar-refractivity contribution is -0.160. The summed E-state index contributed by atoms with van der Waals surface area (Å²) in [6.45, 7) is 4.24. The van der Waals surface area contributed by atoms with E-state index < -0.39 is 17.7 Å². The molecule has 1 N–H and O–H groups in total. The number of rotatable bonds is 7. The number of aliphatic hydroxyl groups is 1. The minimum Gasteiger partial charge on any atom is -0.393 e. The molecule has 35 heavy (non-hydrogen) atoms. The Morgan fingerprint density at radius 3 is 2.46 bits per heavy atom. The molecule has 1 aliphatic carbocycles. The van der Waals surface area contributed by atoms with Gasteiger partial charge in [-0.05, 0) is 55.9 Å². The molecule has 6 nitrogen and oxygen atoms in total. The lowest BCUT2D eigenvalue weighted by Gasteiger charge is -2.19. The van der Waals surface area contributed by atoms with E-state index in [9.17, 15) is 18.3 Å². The summed E-state index contributed by atoms with van der Waals surface area (Å²) in [5.41, 5.74) is 2.67. The summed E-state index contributed by atoms with van der Waals surface area (Å²) in [4.78, 5) is 4.41. The Bertz CT molecular complexity index is 1340. The Kier molecular flexibility index (Phi) is 5.75. The molecule has 0 bridgehead atoms. The van der Waals surface area contributed by atoms with Gasteiger partial charge in [0, 0.05) is 11.3 Å². The first-order valence-corrected chi connectivity index (χ1v) is 11.5. The van der Waals surface area contributed by atoms with Crippen molar-refractivity contribution in [2.75, 3.05) is 0 Å². The number of aromatic nitrogens is 4. The number of aliphatic hydroxyl groups excluding tert-OH is 1. The standard InChI is InChI=1S/C26H25F3N4O2/c1-16-12-22(31-33(16)15-19-5-3-4-18(14-19)13-17(2)34)24-30-23(32-35-24)20-6-8-21(9-7-20)25(10-11-25)26(27,28)29/h3-9,12,14,17,34H,10-11,13,15H2,1-2H3. The number of nitrogens with zero attached hydrogens (tertiary/aromatic N) is 4. The molecule has 5 rings (SSSR count).